The summed E-state index contributed by atoms with van der Waals surface area (Å²) in [6.07, 6.45) is 0. The summed E-state index contributed by atoms with van der Waals surface area (Å²) < 4.78 is 2.98. The second kappa shape index (κ2) is 4.29. The van der Waals surface area contributed by atoms with Gasteiger partial charge >= 0.3 is 0 Å². The van der Waals surface area contributed by atoms with Gasteiger partial charge in [-0.15, -0.1) is 4.16 Å². The Morgan fingerprint density at radius 2 is 2.00 bits per heavy atom. The quantitative estimate of drug-likeness (QED) is 0.502. The molecule has 0 saturated heterocycles. The van der Waals surface area contributed by atoms with Gasteiger partial charge in [-0.3, -0.25) is 0 Å². The van der Waals surface area contributed by atoms with Crippen LogP contribution in [0.3, 0.4) is 0 Å². The van der Waals surface area contributed by atoms with E-state index in [0.29, 0.717) is 5.75 Å². The van der Waals surface area contributed by atoms with Gasteiger partial charge in [0.05, 0.1) is 0 Å². The van der Waals surface area contributed by atoms with Crippen molar-refractivity contribution >= 4 is 20.6 Å². The van der Waals surface area contributed by atoms with Gasteiger partial charge < -0.3 is 5.53 Å². The minimum Gasteiger partial charge on any atom is -0.350 e. The lowest BCUT2D eigenvalue weighted by Crippen LogP contribution is -1.87. The molecular formula is C7H7ClN2S. The molecule has 0 amide bonds. The van der Waals surface area contributed by atoms with Crippen LogP contribution in [0.1, 0.15) is 5.56 Å². The van der Waals surface area contributed by atoms with Gasteiger partial charge in [-0.1, -0.05) is 30.3 Å². The number of benzene rings is 1. The molecule has 0 N–H and O–H groups in total. The van der Waals surface area contributed by atoms with Crippen LogP contribution in [0.2, 0.25) is 0 Å². The lowest BCUT2D eigenvalue weighted by atomic mass is 10.2. The van der Waals surface area contributed by atoms with Crippen molar-refractivity contribution in [3.8, 4) is 0 Å². The van der Waals surface area contributed by atoms with Gasteiger partial charge in [0.2, 0.25) is 0 Å². The summed E-state index contributed by atoms with van der Waals surface area (Å²) in [5, 5.41) is 0. The van der Waals surface area contributed by atoms with Crippen molar-refractivity contribution in [2.45, 2.75) is 5.75 Å². The van der Waals surface area contributed by atoms with E-state index in [1.807, 2.05) is 30.3 Å². The van der Waals surface area contributed by atoms with Gasteiger partial charge in [-0.25, -0.2) is 0 Å². The van der Waals surface area contributed by atoms with E-state index in [1.54, 1.807) is 0 Å². The number of rotatable bonds is 2. The van der Waals surface area contributed by atoms with Crippen molar-refractivity contribution in [1.29, 1.82) is 0 Å². The Kier molecular flexibility index (Phi) is 3.30. The second-order valence-corrected chi connectivity index (χ2v) is 4.15. The van der Waals surface area contributed by atoms with E-state index in [2.05, 4.69) is 4.16 Å². The maximum atomic E-state index is 8.30. The molecule has 0 radical (unpaired) electrons. The first-order valence-electron chi connectivity index (χ1n) is 3.09. The van der Waals surface area contributed by atoms with Gasteiger partial charge in [0.1, 0.15) is 5.75 Å². The molecule has 11 heavy (non-hydrogen) atoms. The number of nitrogens with zero attached hydrogens (tertiary/aromatic N) is 2. The van der Waals surface area contributed by atoms with Gasteiger partial charge in [-0.05, 0) is 5.56 Å². The Balaban J connectivity index is 2.73. The lowest BCUT2D eigenvalue weighted by Gasteiger charge is -1.90. The highest BCUT2D eigenvalue weighted by Crippen LogP contribution is 2.04. The first-order valence-corrected chi connectivity index (χ1v) is 5.27. The topological polar surface area (TPSA) is 36.4 Å². The summed E-state index contributed by atoms with van der Waals surface area (Å²) in [5.74, 6) is 0.596. The van der Waals surface area contributed by atoms with Gasteiger partial charge in [0.15, 0.2) is 0 Å². The highest BCUT2D eigenvalue weighted by molar-refractivity contribution is 8.09. The average Bonchev–Trinajstić information content (AvgIpc) is 2.06. The fourth-order valence-corrected chi connectivity index (χ4v) is 1.64. The largest absolute Gasteiger partial charge is 0.350 e. The minimum atomic E-state index is -0.775. The Hall–Kier alpha value is -0.630. The fourth-order valence-electron chi connectivity index (χ4n) is 0.741. The molecule has 4 heteroatoms. The Bertz CT molecular complexity index is 280. The second-order valence-electron chi connectivity index (χ2n) is 2.02. The van der Waals surface area contributed by atoms with E-state index in [4.69, 9.17) is 16.2 Å². The highest BCUT2D eigenvalue weighted by Gasteiger charge is 2.00. The summed E-state index contributed by atoms with van der Waals surface area (Å²) in [6, 6.07) is 9.70. The van der Waals surface area contributed by atoms with Crippen LogP contribution in [0.25, 0.3) is 5.53 Å². The number of hydrogen-bond donors (Lipinski definition) is 0. The summed E-state index contributed by atoms with van der Waals surface area (Å²) in [4.78, 5) is 0. The minimum absolute atomic E-state index is 0.596. The number of hydrogen-bond acceptors (Lipinski definition) is 0. The van der Waals surface area contributed by atoms with E-state index in [-0.39, 0.29) is 0 Å². The van der Waals surface area contributed by atoms with Gasteiger partial charge in [-0.2, -0.15) is 0 Å². The molecule has 1 aromatic rings. The molecule has 1 aromatic carbocycles. The molecule has 0 aliphatic carbocycles. The first-order chi connectivity index (χ1) is 5.33. The first kappa shape index (κ1) is 8.47. The van der Waals surface area contributed by atoms with Crippen LogP contribution in [-0.2, 0) is 15.7 Å². The van der Waals surface area contributed by atoms with Crippen LogP contribution in [0.5, 0.6) is 0 Å². The van der Waals surface area contributed by atoms with Crippen molar-refractivity contribution < 1.29 is 0 Å². The molecule has 0 aliphatic heterocycles. The van der Waals surface area contributed by atoms with Crippen LogP contribution in [0.4, 0.5) is 0 Å². The zero-order valence-electron chi connectivity index (χ0n) is 5.77. The zero-order valence-corrected chi connectivity index (χ0v) is 7.35. The van der Waals surface area contributed by atoms with Crippen molar-refractivity contribution in [1.82, 2.24) is 4.16 Å². The monoisotopic (exact) mass is 186 g/mol. The van der Waals surface area contributed by atoms with Crippen LogP contribution in [-0.4, -0.2) is 0 Å². The standard InChI is InChI=1S/C7H7ClN2S/c8-11(10-9)6-7-4-2-1-3-5-7/h1-5H,6H2. The SMILES string of the molecule is [N-]=[N+]=S(Cl)Cc1ccccc1. The predicted octanol–water partition coefficient (Wildman–Crippen LogP) is 2.23. The number of halogens is 1. The molecule has 1 rings (SSSR count). The van der Waals surface area contributed by atoms with E-state index < -0.39 is 9.90 Å². The van der Waals surface area contributed by atoms with Gasteiger partial charge in [0, 0.05) is 10.7 Å². The van der Waals surface area contributed by atoms with Crippen LogP contribution in [0.15, 0.2) is 30.3 Å². The maximum absolute atomic E-state index is 8.30. The molecule has 0 aromatic heterocycles. The fraction of sp³-hybridized carbons (Fsp3) is 0.143. The summed E-state index contributed by atoms with van der Waals surface area (Å²) >= 11 is 0. The summed E-state index contributed by atoms with van der Waals surface area (Å²) in [6.45, 7) is 0. The molecule has 1 atom stereocenters. The lowest BCUT2D eigenvalue weighted by molar-refractivity contribution is 1.41. The maximum Gasteiger partial charge on any atom is 0.258 e. The van der Waals surface area contributed by atoms with Crippen molar-refractivity contribution in [3.63, 3.8) is 0 Å². The molecule has 2 nitrogen and oxygen atoms in total. The zero-order chi connectivity index (χ0) is 8.10. The van der Waals surface area contributed by atoms with E-state index in [9.17, 15) is 0 Å². The van der Waals surface area contributed by atoms with E-state index in [1.165, 1.54) is 0 Å². The van der Waals surface area contributed by atoms with Crippen molar-refractivity contribution in [2.24, 2.45) is 0 Å². The third-order valence-electron chi connectivity index (χ3n) is 1.22. The summed E-state index contributed by atoms with van der Waals surface area (Å²) in [5.41, 5.74) is 9.39. The predicted molar refractivity (Wildman–Crippen MR) is 48.9 cm³/mol. The molecular weight excluding hydrogens is 180 g/mol. The molecule has 0 bridgehead atoms. The Morgan fingerprint density at radius 3 is 2.55 bits per heavy atom. The van der Waals surface area contributed by atoms with E-state index >= 15 is 0 Å². The van der Waals surface area contributed by atoms with Crippen LogP contribution >= 0.6 is 10.7 Å². The smallest absolute Gasteiger partial charge is 0.258 e. The van der Waals surface area contributed by atoms with Crippen LogP contribution in [0, 0.1) is 0 Å². The summed E-state index contributed by atoms with van der Waals surface area (Å²) in [7, 11) is 4.84. The van der Waals surface area contributed by atoms with Crippen molar-refractivity contribution in [3.05, 3.63) is 41.4 Å². The molecule has 0 aliphatic rings. The Labute approximate surface area is 72.3 Å². The molecule has 0 fully saturated rings. The highest BCUT2D eigenvalue weighted by atomic mass is 35.7. The van der Waals surface area contributed by atoms with Gasteiger partial charge in [0.25, 0.3) is 9.90 Å². The molecule has 1 unspecified atom stereocenters. The van der Waals surface area contributed by atoms with E-state index in [0.717, 1.165) is 5.56 Å². The third-order valence-corrected chi connectivity index (χ3v) is 2.48. The third kappa shape index (κ3) is 2.85. The Morgan fingerprint density at radius 1 is 1.36 bits per heavy atom. The molecule has 0 heterocycles. The molecule has 0 saturated carbocycles. The molecule has 0 spiro atoms. The average molecular weight is 187 g/mol. The van der Waals surface area contributed by atoms with Crippen molar-refractivity contribution in [2.75, 3.05) is 0 Å². The van der Waals surface area contributed by atoms with Crippen LogP contribution < -0.4 is 4.16 Å². The molecule has 58 valence electrons. The normalized spacial score (nSPS) is 12.1.